The monoisotopic (exact) mass is 595 g/mol. The Labute approximate surface area is 253 Å². The van der Waals surface area contributed by atoms with Crippen LogP contribution in [0.4, 0.5) is 5.69 Å². The van der Waals surface area contributed by atoms with Crippen LogP contribution in [0.3, 0.4) is 0 Å². The lowest BCUT2D eigenvalue weighted by Crippen LogP contribution is -2.53. The van der Waals surface area contributed by atoms with Crippen LogP contribution in [0, 0.1) is 30.6 Å². The first kappa shape index (κ1) is 27.4. The maximum Gasteiger partial charge on any atom is 0.260 e. The number of nitrogens with one attached hydrogen (secondary N) is 1. The summed E-state index contributed by atoms with van der Waals surface area (Å²) in [6, 6.07) is 21.3. The lowest BCUT2D eigenvalue weighted by molar-refractivity contribution is -0.140. The van der Waals surface area contributed by atoms with Crippen molar-refractivity contribution in [2.45, 2.75) is 31.1 Å². The second kappa shape index (κ2) is 9.81. The van der Waals surface area contributed by atoms with E-state index in [2.05, 4.69) is 5.43 Å². The summed E-state index contributed by atoms with van der Waals surface area (Å²) in [6.45, 7) is 1.95. The fraction of sp³-hybridized carbons (Fsp3) is 0.294. The molecule has 1 saturated carbocycles. The van der Waals surface area contributed by atoms with E-state index in [-0.39, 0.29) is 24.0 Å². The minimum Gasteiger partial charge on any atom is -0.508 e. The van der Waals surface area contributed by atoms with E-state index in [1.165, 1.54) is 18.0 Å². The van der Waals surface area contributed by atoms with E-state index < -0.39 is 46.8 Å². The minimum atomic E-state index is -1.45. The molecule has 218 valence electrons. The molecule has 9 heteroatoms. The Bertz CT molecular complexity index is 1720. The van der Waals surface area contributed by atoms with Gasteiger partial charge in [0, 0.05) is 23.6 Å². The largest absolute Gasteiger partial charge is 0.508 e. The molecule has 3 aromatic carbocycles. The molecular formula is C34H30ClN3O5. The maximum atomic E-state index is 15.0. The van der Waals surface area contributed by atoms with E-state index in [9.17, 15) is 24.3 Å². The van der Waals surface area contributed by atoms with Crippen molar-refractivity contribution in [2.24, 2.45) is 23.7 Å². The van der Waals surface area contributed by atoms with Gasteiger partial charge in [-0.05, 0) is 61.6 Å². The van der Waals surface area contributed by atoms with Gasteiger partial charge in [0.2, 0.25) is 11.8 Å². The third-order valence-electron chi connectivity index (χ3n) is 9.91. The fourth-order valence-electron chi connectivity index (χ4n) is 8.01. The van der Waals surface area contributed by atoms with Gasteiger partial charge in [-0.3, -0.25) is 29.5 Å². The van der Waals surface area contributed by atoms with E-state index in [0.29, 0.717) is 28.3 Å². The van der Waals surface area contributed by atoms with E-state index in [1.807, 2.05) is 55.5 Å². The Morgan fingerprint density at radius 2 is 1.63 bits per heavy atom. The van der Waals surface area contributed by atoms with E-state index in [0.717, 1.165) is 16.1 Å². The molecule has 43 heavy (non-hydrogen) atoms. The number of imide groups is 2. The number of fused-ring (bicyclic) bond motifs is 4. The highest BCUT2D eigenvalue weighted by Crippen LogP contribution is 2.64. The highest BCUT2D eigenvalue weighted by atomic mass is 35.5. The summed E-state index contributed by atoms with van der Waals surface area (Å²) in [6.07, 6.45) is 2.48. The number of allylic oxidation sites excluding steroid dienone is 2. The highest BCUT2D eigenvalue weighted by Gasteiger charge is 2.70. The molecule has 7 rings (SSSR count). The molecule has 2 aliphatic carbocycles. The van der Waals surface area contributed by atoms with Gasteiger partial charge < -0.3 is 5.11 Å². The van der Waals surface area contributed by atoms with Gasteiger partial charge in [-0.1, -0.05) is 71.3 Å². The number of phenols is 1. The van der Waals surface area contributed by atoms with Crippen LogP contribution in [-0.4, -0.2) is 45.7 Å². The first-order valence-electron chi connectivity index (χ1n) is 14.4. The minimum absolute atomic E-state index is 0.0664. The average molecular weight is 596 g/mol. The summed E-state index contributed by atoms with van der Waals surface area (Å²) in [5.41, 5.74) is 5.02. The summed E-state index contributed by atoms with van der Waals surface area (Å²) in [5.74, 6) is -4.84. The number of carbonyl (C=O) groups excluding carboxylic acids is 4. The van der Waals surface area contributed by atoms with Crippen LogP contribution in [0.1, 0.15) is 35.4 Å². The summed E-state index contributed by atoms with van der Waals surface area (Å²) >= 11 is 6.50. The molecule has 3 fully saturated rings. The number of benzene rings is 3. The van der Waals surface area contributed by atoms with Gasteiger partial charge in [0.15, 0.2) is 0 Å². The first-order valence-corrected chi connectivity index (χ1v) is 14.8. The number of carbonyl (C=O) groups is 4. The van der Waals surface area contributed by atoms with Gasteiger partial charge in [-0.2, -0.15) is 5.01 Å². The number of hydrazine groups is 1. The van der Waals surface area contributed by atoms with Crippen LogP contribution in [0.25, 0.3) is 0 Å². The zero-order valence-electron chi connectivity index (χ0n) is 23.7. The third-order valence-corrected chi connectivity index (χ3v) is 10.1. The number of aryl methyl sites for hydroxylation is 1. The van der Waals surface area contributed by atoms with Gasteiger partial charge in [0.1, 0.15) is 5.75 Å². The topological polar surface area (TPSA) is 107 Å². The first-order chi connectivity index (χ1) is 20.6. The summed E-state index contributed by atoms with van der Waals surface area (Å²) in [5, 5.41) is 12.8. The molecule has 2 saturated heterocycles. The Hall–Kier alpha value is -4.43. The molecule has 0 spiro atoms. The Balaban J connectivity index is 1.48. The van der Waals surface area contributed by atoms with Crippen LogP contribution >= 0.6 is 11.6 Å². The van der Waals surface area contributed by atoms with Gasteiger partial charge >= 0.3 is 0 Å². The van der Waals surface area contributed by atoms with Crippen molar-refractivity contribution in [2.75, 3.05) is 12.5 Å². The highest BCUT2D eigenvalue weighted by molar-refractivity contribution is 6.30. The molecule has 4 amide bonds. The number of anilines is 1. The smallest absolute Gasteiger partial charge is 0.260 e. The van der Waals surface area contributed by atoms with Crippen molar-refractivity contribution < 1.29 is 24.3 Å². The molecule has 2 aliphatic heterocycles. The normalized spacial score (nSPS) is 29.7. The van der Waals surface area contributed by atoms with E-state index >= 15 is 0 Å². The zero-order valence-corrected chi connectivity index (χ0v) is 24.4. The van der Waals surface area contributed by atoms with Gasteiger partial charge in [0.25, 0.3) is 11.8 Å². The fourth-order valence-corrected chi connectivity index (χ4v) is 8.19. The standard InChI is InChI=1S/C34H30ClN3O5/c1-18-8-11-21(12-9-18)36-38-31(41)26-17-24-22(13-14-23-28(24)32(42)37(2)30(23)40)29(25-16-20(35)10-15-27(25)39)34(26,33(38)43)19-6-4-3-5-7-19/h3-13,15-16,23-24,26,28-29,36,39H,14,17H2,1-2H3/t23-,24+,26-,28-,29+,34+/m0/s1. The number of hydrogen-bond donors (Lipinski definition) is 2. The van der Waals surface area contributed by atoms with Crippen molar-refractivity contribution in [3.8, 4) is 5.75 Å². The second-order valence-corrected chi connectivity index (χ2v) is 12.5. The van der Waals surface area contributed by atoms with Crippen molar-refractivity contribution in [1.29, 1.82) is 0 Å². The number of nitrogens with zero attached hydrogens (tertiary/aromatic N) is 2. The Morgan fingerprint density at radius 1 is 0.907 bits per heavy atom. The van der Waals surface area contributed by atoms with Crippen LogP contribution in [0.15, 0.2) is 84.4 Å². The van der Waals surface area contributed by atoms with Gasteiger partial charge in [-0.15, -0.1) is 0 Å². The Kier molecular flexibility index (Phi) is 6.25. The number of phenolic OH excluding ortho intramolecular Hbond substituents is 1. The predicted molar refractivity (Wildman–Crippen MR) is 160 cm³/mol. The third kappa shape index (κ3) is 3.82. The van der Waals surface area contributed by atoms with Crippen molar-refractivity contribution >= 4 is 40.9 Å². The number of hydrogen-bond acceptors (Lipinski definition) is 6. The summed E-state index contributed by atoms with van der Waals surface area (Å²) < 4.78 is 0. The molecule has 8 nitrogen and oxygen atoms in total. The molecule has 2 N–H and O–H groups in total. The number of halogens is 1. The zero-order chi connectivity index (χ0) is 30.2. The number of rotatable bonds is 4. The molecule has 2 heterocycles. The van der Waals surface area contributed by atoms with Crippen LogP contribution in [0.2, 0.25) is 5.02 Å². The number of amides is 4. The summed E-state index contributed by atoms with van der Waals surface area (Å²) in [4.78, 5) is 57.2. The summed E-state index contributed by atoms with van der Waals surface area (Å²) in [7, 11) is 1.50. The molecule has 4 aliphatic rings. The molecule has 0 radical (unpaired) electrons. The van der Waals surface area contributed by atoms with Crippen molar-refractivity contribution in [1.82, 2.24) is 9.91 Å². The number of likely N-dealkylation sites (tertiary alicyclic amines) is 1. The van der Waals surface area contributed by atoms with Crippen molar-refractivity contribution in [3.05, 3.63) is 106 Å². The van der Waals surface area contributed by atoms with E-state index in [4.69, 9.17) is 11.6 Å². The molecule has 0 bridgehead atoms. The van der Waals surface area contributed by atoms with E-state index in [1.54, 1.807) is 24.3 Å². The number of aromatic hydroxyl groups is 1. The molecule has 0 unspecified atom stereocenters. The molecule has 6 atom stereocenters. The average Bonchev–Trinajstić information content (AvgIpc) is 3.36. The van der Waals surface area contributed by atoms with Crippen molar-refractivity contribution in [3.63, 3.8) is 0 Å². The van der Waals surface area contributed by atoms with Gasteiger partial charge in [0.05, 0.1) is 28.9 Å². The van der Waals surface area contributed by atoms with Crippen LogP contribution in [-0.2, 0) is 24.6 Å². The predicted octanol–water partition coefficient (Wildman–Crippen LogP) is 4.97. The lowest BCUT2D eigenvalue weighted by atomic mass is 9.49. The lowest BCUT2D eigenvalue weighted by Gasteiger charge is -2.50. The molecular weight excluding hydrogens is 566 g/mol. The van der Waals surface area contributed by atoms with Gasteiger partial charge in [-0.25, -0.2) is 0 Å². The maximum absolute atomic E-state index is 15.0. The second-order valence-electron chi connectivity index (χ2n) is 12.0. The molecule has 0 aromatic heterocycles. The molecule has 3 aromatic rings. The Morgan fingerprint density at radius 3 is 2.35 bits per heavy atom. The quantitative estimate of drug-likeness (QED) is 0.326. The SMILES string of the molecule is Cc1ccc(NN2C(=O)[C@@H]3C[C@@H]4C(=CC[C@@H]5C(=O)N(C)C(=O)[C@@H]54)[C@H](c4cc(Cl)ccc4O)[C@]3(c3ccccc3)C2=O)cc1. The van der Waals surface area contributed by atoms with Crippen LogP contribution in [0.5, 0.6) is 5.75 Å². The van der Waals surface area contributed by atoms with Crippen LogP contribution < -0.4 is 5.43 Å².